The summed E-state index contributed by atoms with van der Waals surface area (Å²) in [5, 5.41) is 9.15. The third-order valence-electron chi connectivity index (χ3n) is 3.53. The summed E-state index contributed by atoms with van der Waals surface area (Å²) in [5.74, 6) is 0.391. The predicted octanol–water partition coefficient (Wildman–Crippen LogP) is 0.595. The van der Waals surface area contributed by atoms with Gasteiger partial charge in [-0.3, -0.25) is 0 Å². The van der Waals surface area contributed by atoms with Crippen molar-refractivity contribution in [3.05, 3.63) is 17.7 Å². The molecule has 1 aromatic rings. The van der Waals surface area contributed by atoms with Crippen LogP contribution in [0.15, 0.2) is 17.0 Å². The highest BCUT2D eigenvalue weighted by Crippen LogP contribution is 2.36. The molecular weight excluding hydrogens is 280 g/mol. The Morgan fingerprint density at radius 1 is 1.50 bits per heavy atom. The van der Waals surface area contributed by atoms with Gasteiger partial charge in [-0.15, -0.1) is 0 Å². The molecule has 7 heteroatoms. The first-order chi connectivity index (χ1) is 9.37. The number of aliphatic hydroxyl groups excluding tert-OH is 1. The SMILES string of the molecule is CC(CO)N(C)S(=O)(=O)c1cc(N)cc2c1OCCC2. The van der Waals surface area contributed by atoms with Crippen LogP contribution in [0.4, 0.5) is 5.69 Å². The van der Waals surface area contributed by atoms with Crippen LogP contribution in [0.1, 0.15) is 18.9 Å². The molecule has 3 N–H and O–H groups in total. The number of ether oxygens (including phenoxy) is 1. The van der Waals surface area contributed by atoms with E-state index < -0.39 is 16.1 Å². The Morgan fingerprint density at radius 3 is 2.85 bits per heavy atom. The largest absolute Gasteiger partial charge is 0.492 e. The van der Waals surface area contributed by atoms with Crippen LogP contribution >= 0.6 is 0 Å². The van der Waals surface area contributed by atoms with Crippen molar-refractivity contribution >= 4 is 15.7 Å². The van der Waals surface area contributed by atoms with Crippen molar-refractivity contribution in [2.24, 2.45) is 0 Å². The van der Waals surface area contributed by atoms with E-state index in [0.717, 1.165) is 22.7 Å². The molecule has 1 unspecified atom stereocenters. The second-order valence-electron chi connectivity index (χ2n) is 5.01. The van der Waals surface area contributed by atoms with E-state index in [2.05, 4.69) is 0 Å². The van der Waals surface area contributed by atoms with Gasteiger partial charge in [0.1, 0.15) is 10.6 Å². The summed E-state index contributed by atoms with van der Waals surface area (Å²) in [4.78, 5) is 0.0787. The number of rotatable bonds is 4. The quantitative estimate of drug-likeness (QED) is 0.794. The smallest absolute Gasteiger partial charge is 0.246 e. The van der Waals surface area contributed by atoms with Gasteiger partial charge in [0.15, 0.2) is 0 Å². The van der Waals surface area contributed by atoms with Crippen molar-refractivity contribution in [2.45, 2.75) is 30.7 Å². The molecular formula is C13H20N2O4S. The Hall–Kier alpha value is -1.31. The average Bonchev–Trinajstić information content (AvgIpc) is 2.44. The van der Waals surface area contributed by atoms with Crippen LogP contribution in [-0.2, 0) is 16.4 Å². The molecule has 0 saturated carbocycles. The average molecular weight is 300 g/mol. The number of anilines is 1. The third kappa shape index (κ3) is 2.61. The van der Waals surface area contributed by atoms with Gasteiger partial charge in [-0.05, 0) is 37.5 Å². The fourth-order valence-corrected chi connectivity index (χ4v) is 3.73. The minimum absolute atomic E-state index is 0.0787. The summed E-state index contributed by atoms with van der Waals surface area (Å²) in [6.07, 6.45) is 1.60. The van der Waals surface area contributed by atoms with Gasteiger partial charge in [0.25, 0.3) is 0 Å². The first kappa shape index (κ1) is 15.1. The zero-order valence-corrected chi connectivity index (χ0v) is 12.5. The molecule has 1 heterocycles. The van der Waals surface area contributed by atoms with Crippen molar-refractivity contribution in [2.75, 3.05) is 26.0 Å². The lowest BCUT2D eigenvalue weighted by molar-refractivity contribution is 0.213. The molecule has 0 radical (unpaired) electrons. The van der Waals surface area contributed by atoms with E-state index >= 15 is 0 Å². The zero-order valence-electron chi connectivity index (χ0n) is 11.7. The first-order valence-corrected chi connectivity index (χ1v) is 7.96. The van der Waals surface area contributed by atoms with Gasteiger partial charge in [0.2, 0.25) is 10.0 Å². The number of likely N-dealkylation sites (N-methyl/N-ethyl adjacent to an activating group) is 1. The fraction of sp³-hybridized carbons (Fsp3) is 0.538. The summed E-state index contributed by atoms with van der Waals surface area (Å²) in [5.41, 5.74) is 7.02. The predicted molar refractivity (Wildman–Crippen MR) is 76.2 cm³/mol. The van der Waals surface area contributed by atoms with E-state index in [-0.39, 0.29) is 11.5 Å². The summed E-state index contributed by atoms with van der Waals surface area (Å²) in [7, 11) is -2.31. The van der Waals surface area contributed by atoms with E-state index in [9.17, 15) is 8.42 Å². The maximum atomic E-state index is 12.6. The van der Waals surface area contributed by atoms with Gasteiger partial charge in [-0.1, -0.05) is 0 Å². The number of nitrogens with two attached hydrogens (primary N) is 1. The molecule has 1 atom stereocenters. The minimum atomic E-state index is -3.75. The van der Waals surface area contributed by atoms with Crippen molar-refractivity contribution in [1.82, 2.24) is 4.31 Å². The van der Waals surface area contributed by atoms with Gasteiger partial charge in [0.05, 0.1) is 13.2 Å². The molecule has 1 aliphatic rings. The van der Waals surface area contributed by atoms with Crippen molar-refractivity contribution in [3.63, 3.8) is 0 Å². The summed E-state index contributed by atoms with van der Waals surface area (Å²) >= 11 is 0. The number of hydrogen-bond donors (Lipinski definition) is 2. The van der Waals surface area contributed by atoms with Crippen molar-refractivity contribution in [1.29, 1.82) is 0 Å². The Kier molecular flexibility index (Phi) is 4.22. The summed E-state index contributed by atoms with van der Waals surface area (Å²) in [6, 6.07) is 2.66. The van der Waals surface area contributed by atoms with Crippen LogP contribution in [-0.4, -0.2) is 44.1 Å². The zero-order chi connectivity index (χ0) is 14.9. The monoisotopic (exact) mass is 300 g/mol. The molecule has 0 amide bonds. The molecule has 6 nitrogen and oxygen atoms in total. The highest BCUT2D eigenvalue weighted by atomic mass is 32.2. The number of hydrogen-bond acceptors (Lipinski definition) is 5. The molecule has 0 bridgehead atoms. The van der Waals surface area contributed by atoms with E-state index in [1.807, 2.05) is 0 Å². The second kappa shape index (κ2) is 5.59. The normalized spacial score (nSPS) is 16.6. The number of nitrogen functional groups attached to an aromatic ring is 1. The van der Waals surface area contributed by atoms with Gasteiger partial charge < -0.3 is 15.6 Å². The van der Waals surface area contributed by atoms with Crippen LogP contribution in [0.5, 0.6) is 5.75 Å². The fourth-order valence-electron chi connectivity index (χ4n) is 2.17. The number of benzene rings is 1. The van der Waals surface area contributed by atoms with Gasteiger partial charge >= 0.3 is 0 Å². The van der Waals surface area contributed by atoms with Crippen LogP contribution in [0.25, 0.3) is 0 Å². The molecule has 112 valence electrons. The maximum Gasteiger partial charge on any atom is 0.246 e. The number of sulfonamides is 1. The molecule has 0 spiro atoms. The molecule has 20 heavy (non-hydrogen) atoms. The van der Waals surface area contributed by atoms with Crippen molar-refractivity contribution in [3.8, 4) is 5.75 Å². The minimum Gasteiger partial charge on any atom is -0.492 e. The Balaban J connectivity index is 2.54. The van der Waals surface area contributed by atoms with Gasteiger partial charge in [-0.25, -0.2) is 8.42 Å². The number of aryl methyl sites for hydroxylation is 1. The number of fused-ring (bicyclic) bond motifs is 1. The van der Waals surface area contributed by atoms with Gasteiger partial charge in [-0.2, -0.15) is 4.31 Å². The lowest BCUT2D eigenvalue weighted by Crippen LogP contribution is -2.37. The van der Waals surface area contributed by atoms with E-state index in [1.54, 1.807) is 13.0 Å². The number of aliphatic hydroxyl groups is 1. The van der Waals surface area contributed by atoms with Crippen molar-refractivity contribution < 1.29 is 18.3 Å². The molecule has 0 fully saturated rings. The van der Waals surface area contributed by atoms with Gasteiger partial charge in [0, 0.05) is 18.8 Å². The lowest BCUT2D eigenvalue weighted by atomic mass is 10.1. The standard InChI is InChI=1S/C13H20N2O4S/c1-9(8-16)15(2)20(17,18)12-7-11(14)6-10-4-3-5-19-13(10)12/h6-7,9,16H,3-5,8,14H2,1-2H3. The topological polar surface area (TPSA) is 92.9 Å². The number of nitrogens with zero attached hydrogens (tertiary/aromatic N) is 1. The summed E-state index contributed by atoms with van der Waals surface area (Å²) in [6.45, 7) is 1.89. The second-order valence-corrected chi connectivity index (χ2v) is 6.98. The first-order valence-electron chi connectivity index (χ1n) is 6.52. The Bertz CT molecular complexity index is 601. The third-order valence-corrected chi connectivity index (χ3v) is 5.51. The van der Waals surface area contributed by atoms with E-state index in [4.69, 9.17) is 15.6 Å². The highest BCUT2D eigenvalue weighted by molar-refractivity contribution is 7.89. The van der Waals surface area contributed by atoms with Crippen LogP contribution in [0, 0.1) is 0 Å². The maximum absolute atomic E-state index is 12.6. The summed E-state index contributed by atoms with van der Waals surface area (Å²) < 4.78 is 31.9. The van der Waals surface area contributed by atoms with E-state index in [0.29, 0.717) is 18.0 Å². The molecule has 0 saturated heterocycles. The van der Waals surface area contributed by atoms with Crippen LogP contribution in [0.3, 0.4) is 0 Å². The Labute approximate surface area is 119 Å². The molecule has 1 aromatic carbocycles. The molecule has 1 aliphatic heterocycles. The highest BCUT2D eigenvalue weighted by Gasteiger charge is 2.30. The van der Waals surface area contributed by atoms with Crippen LogP contribution in [0.2, 0.25) is 0 Å². The molecule has 2 rings (SSSR count). The Morgan fingerprint density at radius 2 is 2.20 bits per heavy atom. The van der Waals surface area contributed by atoms with E-state index in [1.165, 1.54) is 13.1 Å². The molecule has 0 aliphatic carbocycles. The van der Waals surface area contributed by atoms with Crippen LogP contribution < -0.4 is 10.5 Å². The molecule has 0 aromatic heterocycles. The lowest BCUT2D eigenvalue weighted by Gasteiger charge is -2.26.